The molecule has 26 heavy (non-hydrogen) atoms. The van der Waals surface area contributed by atoms with E-state index in [1.54, 1.807) is 7.05 Å². The first kappa shape index (κ1) is 22.8. The number of anilines is 1. The molecule has 1 saturated heterocycles. The number of nitrogens with one attached hydrogen (secondary N) is 2. The second kappa shape index (κ2) is 11.5. The quantitative estimate of drug-likeness (QED) is 0.286. The summed E-state index contributed by atoms with van der Waals surface area (Å²) >= 11 is 6.29. The molecule has 1 heterocycles. The van der Waals surface area contributed by atoms with E-state index in [9.17, 15) is 4.79 Å². The van der Waals surface area contributed by atoms with Crippen molar-refractivity contribution in [2.75, 3.05) is 51.2 Å². The van der Waals surface area contributed by atoms with E-state index in [0.717, 1.165) is 42.8 Å². The van der Waals surface area contributed by atoms with E-state index in [4.69, 9.17) is 11.6 Å². The van der Waals surface area contributed by atoms with Crippen LogP contribution in [-0.2, 0) is 4.79 Å². The highest BCUT2D eigenvalue weighted by atomic mass is 127. The molecule has 8 heteroatoms. The lowest BCUT2D eigenvalue weighted by Crippen LogP contribution is -2.53. The van der Waals surface area contributed by atoms with Gasteiger partial charge in [-0.3, -0.25) is 9.79 Å². The molecule has 0 atom stereocenters. The van der Waals surface area contributed by atoms with Crippen LogP contribution < -0.4 is 15.5 Å². The van der Waals surface area contributed by atoms with E-state index in [1.165, 1.54) is 0 Å². The summed E-state index contributed by atoms with van der Waals surface area (Å²) < 4.78 is 0. The summed E-state index contributed by atoms with van der Waals surface area (Å²) in [5.41, 5.74) is 1.09. The fraction of sp³-hybridized carbons (Fsp3) is 0.556. The summed E-state index contributed by atoms with van der Waals surface area (Å²) in [6, 6.07) is 7.95. The van der Waals surface area contributed by atoms with E-state index in [2.05, 4.69) is 31.5 Å². The molecule has 146 valence electrons. The predicted molar refractivity (Wildman–Crippen MR) is 120 cm³/mol. The van der Waals surface area contributed by atoms with Gasteiger partial charge in [0.15, 0.2) is 5.96 Å². The van der Waals surface area contributed by atoms with Gasteiger partial charge in [-0.1, -0.05) is 37.6 Å². The van der Waals surface area contributed by atoms with Gasteiger partial charge in [0.1, 0.15) is 0 Å². The van der Waals surface area contributed by atoms with Crippen molar-refractivity contribution in [1.82, 2.24) is 15.5 Å². The minimum Gasteiger partial charge on any atom is -0.367 e. The van der Waals surface area contributed by atoms with Gasteiger partial charge in [-0.15, -0.1) is 24.0 Å². The first-order chi connectivity index (χ1) is 12.0. The first-order valence-electron chi connectivity index (χ1n) is 8.75. The molecule has 0 aliphatic carbocycles. The van der Waals surface area contributed by atoms with Crippen molar-refractivity contribution in [2.45, 2.75) is 13.8 Å². The maximum atomic E-state index is 11.6. The average molecular weight is 494 g/mol. The third kappa shape index (κ3) is 6.50. The number of para-hydroxylation sites is 1. The Kier molecular flexibility index (Phi) is 10.1. The number of hydrogen-bond donors (Lipinski definition) is 2. The Bertz CT molecular complexity index is 603. The molecule has 2 N–H and O–H groups in total. The van der Waals surface area contributed by atoms with Crippen LogP contribution in [0.25, 0.3) is 0 Å². The molecule has 1 amide bonds. The Hall–Kier alpha value is -1.22. The number of benzene rings is 1. The Morgan fingerprint density at radius 3 is 2.35 bits per heavy atom. The van der Waals surface area contributed by atoms with Gasteiger partial charge in [-0.2, -0.15) is 0 Å². The Balaban J connectivity index is 0.00000338. The van der Waals surface area contributed by atoms with Crippen LogP contribution in [0.1, 0.15) is 13.8 Å². The van der Waals surface area contributed by atoms with Crippen molar-refractivity contribution in [3.8, 4) is 0 Å². The molecule has 0 saturated carbocycles. The lowest BCUT2D eigenvalue weighted by Gasteiger charge is -2.38. The number of halogens is 2. The van der Waals surface area contributed by atoms with Crippen LogP contribution in [0.3, 0.4) is 0 Å². The molecular formula is C18H29ClIN5O. The minimum absolute atomic E-state index is 0. The fourth-order valence-electron chi connectivity index (χ4n) is 2.76. The zero-order valence-electron chi connectivity index (χ0n) is 15.7. The summed E-state index contributed by atoms with van der Waals surface area (Å²) in [4.78, 5) is 20.4. The van der Waals surface area contributed by atoms with Gasteiger partial charge in [-0.25, -0.2) is 0 Å². The van der Waals surface area contributed by atoms with Gasteiger partial charge in [0.25, 0.3) is 0 Å². The normalized spacial score (nSPS) is 14.9. The number of nitrogens with zero attached hydrogens (tertiary/aromatic N) is 3. The Labute approximate surface area is 178 Å². The van der Waals surface area contributed by atoms with Crippen molar-refractivity contribution in [3.05, 3.63) is 29.3 Å². The van der Waals surface area contributed by atoms with E-state index < -0.39 is 0 Å². The largest absolute Gasteiger partial charge is 0.367 e. The number of carbonyl (C=O) groups is 1. The van der Waals surface area contributed by atoms with Crippen LogP contribution in [0.2, 0.25) is 5.02 Å². The lowest BCUT2D eigenvalue weighted by atomic mass is 10.2. The Morgan fingerprint density at radius 1 is 1.15 bits per heavy atom. The van der Waals surface area contributed by atoms with E-state index >= 15 is 0 Å². The highest BCUT2D eigenvalue weighted by Gasteiger charge is 2.20. The number of hydrogen-bond acceptors (Lipinski definition) is 3. The van der Waals surface area contributed by atoms with Crippen LogP contribution in [0, 0.1) is 5.92 Å². The average Bonchev–Trinajstić information content (AvgIpc) is 2.62. The summed E-state index contributed by atoms with van der Waals surface area (Å²) in [5, 5.41) is 7.01. The zero-order valence-corrected chi connectivity index (χ0v) is 18.8. The summed E-state index contributed by atoms with van der Waals surface area (Å²) in [6.45, 7) is 8.58. The molecule has 1 aliphatic rings. The maximum absolute atomic E-state index is 11.6. The van der Waals surface area contributed by atoms with E-state index in [0.29, 0.717) is 13.1 Å². The maximum Gasteiger partial charge on any atom is 0.222 e. The van der Waals surface area contributed by atoms with Crippen molar-refractivity contribution >= 4 is 53.1 Å². The number of piperazine rings is 1. The van der Waals surface area contributed by atoms with Crippen LogP contribution in [0.4, 0.5) is 5.69 Å². The predicted octanol–water partition coefficient (Wildman–Crippen LogP) is 2.43. The monoisotopic (exact) mass is 493 g/mol. The molecule has 0 radical (unpaired) electrons. The zero-order chi connectivity index (χ0) is 18.2. The molecule has 0 unspecified atom stereocenters. The van der Waals surface area contributed by atoms with Gasteiger partial charge in [-0.05, 0) is 12.1 Å². The third-order valence-corrected chi connectivity index (χ3v) is 4.54. The SMILES string of the molecule is CN=C(NCCNC(=O)C(C)C)N1CCN(c2ccccc2Cl)CC1.I. The molecule has 1 fully saturated rings. The molecule has 1 aromatic carbocycles. The molecule has 6 nitrogen and oxygen atoms in total. The van der Waals surface area contributed by atoms with Gasteiger partial charge < -0.3 is 20.4 Å². The van der Waals surface area contributed by atoms with Crippen LogP contribution >= 0.6 is 35.6 Å². The summed E-state index contributed by atoms with van der Waals surface area (Å²) in [7, 11) is 1.79. The van der Waals surface area contributed by atoms with Crippen molar-refractivity contribution in [1.29, 1.82) is 0 Å². The van der Waals surface area contributed by atoms with Crippen molar-refractivity contribution < 1.29 is 4.79 Å². The topological polar surface area (TPSA) is 60.0 Å². The van der Waals surface area contributed by atoms with Crippen molar-refractivity contribution in [3.63, 3.8) is 0 Å². The molecule has 1 aliphatic heterocycles. The summed E-state index contributed by atoms with van der Waals surface area (Å²) in [5.74, 6) is 0.958. The number of rotatable bonds is 5. The fourth-order valence-corrected chi connectivity index (χ4v) is 3.02. The van der Waals surface area contributed by atoms with Gasteiger partial charge in [0.05, 0.1) is 10.7 Å². The van der Waals surface area contributed by atoms with Gasteiger partial charge >= 0.3 is 0 Å². The minimum atomic E-state index is 0. The van der Waals surface area contributed by atoms with Gasteiger partial charge in [0.2, 0.25) is 5.91 Å². The molecule has 0 aromatic heterocycles. The molecule has 0 bridgehead atoms. The Morgan fingerprint density at radius 2 is 1.77 bits per heavy atom. The van der Waals surface area contributed by atoms with Crippen LogP contribution in [0.5, 0.6) is 0 Å². The second-order valence-electron chi connectivity index (χ2n) is 6.35. The van der Waals surface area contributed by atoms with Crippen LogP contribution in [0.15, 0.2) is 29.3 Å². The highest BCUT2D eigenvalue weighted by Crippen LogP contribution is 2.25. The molecular weight excluding hydrogens is 465 g/mol. The first-order valence-corrected chi connectivity index (χ1v) is 9.13. The van der Waals surface area contributed by atoms with Crippen LogP contribution in [-0.4, -0.2) is 63.1 Å². The number of amides is 1. The number of carbonyl (C=O) groups excluding carboxylic acids is 1. The van der Waals surface area contributed by atoms with E-state index in [1.807, 2.05) is 32.0 Å². The summed E-state index contributed by atoms with van der Waals surface area (Å²) in [6.07, 6.45) is 0. The van der Waals surface area contributed by atoms with Gasteiger partial charge in [0, 0.05) is 52.2 Å². The lowest BCUT2D eigenvalue weighted by molar-refractivity contribution is -0.123. The molecule has 1 aromatic rings. The van der Waals surface area contributed by atoms with Crippen molar-refractivity contribution in [2.24, 2.45) is 10.9 Å². The number of aliphatic imine (C=N–C) groups is 1. The third-order valence-electron chi connectivity index (χ3n) is 4.22. The smallest absolute Gasteiger partial charge is 0.222 e. The molecule has 0 spiro atoms. The second-order valence-corrected chi connectivity index (χ2v) is 6.75. The number of guanidine groups is 1. The molecule has 2 rings (SSSR count). The highest BCUT2D eigenvalue weighted by molar-refractivity contribution is 14.0. The van der Waals surface area contributed by atoms with E-state index in [-0.39, 0.29) is 35.8 Å². The standard InChI is InChI=1S/C18H28ClN5O.HI/c1-14(2)17(25)21-8-9-22-18(20-3)24-12-10-23(11-13-24)16-7-5-4-6-15(16)19;/h4-7,14H,8-13H2,1-3H3,(H,20,22)(H,21,25);1H.